The van der Waals surface area contributed by atoms with E-state index in [4.69, 9.17) is 0 Å². The van der Waals surface area contributed by atoms with E-state index in [1.165, 1.54) is 5.56 Å². The minimum Gasteiger partial charge on any atom is -0.326 e. The number of benzene rings is 1. The topological polar surface area (TPSA) is 41.1 Å². The van der Waals surface area contributed by atoms with Gasteiger partial charge in [-0.2, -0.15) is 0 Å². The smallest absolute Gasteiger partial charge is 0.228 e. The first kappa shape index (κ1) is 11.1. The molecule has 0 spiro atoms. The van der Waals surface area contributed by atoms with Gasteiger partial charge >= 0.3 is 0 Å². The van der Waals surface area contributed by atoms with Gasteiger partial charge in [0.05, 0.1) is 6.42 Å². The Morgan fingerprint density at radius 2 is 2.19 bits per heavy atom. The van der Waals surface area contributed by atoms with E-state index in [-0.39, 0.29) is 11.4 Å². The lowest BCUT2D eigenvalue weighted by Crippen LogP contribution is -2.38. The van der Waals surface area contributed by atoms with Gasteiger partial charge in [-0.25, -0.2) is 0 Å². The average molecular weight is 218 g/mol. The van der Waals surface area contributed by atoms with Crippen LogP contribution in [0.25, 0.3) is 0 Å². The molecule has 3 heteroatoms. The average Bonchev–Trinajstić information content (AvgIpc) is 2.57. The molecule has 0 aromatic heterocycles. The Balaban J connectivity index is 2.20. The van der Waals surface area contributed by atoms with Crippen LogP contribution in [0.4, 0.5) is 5.69 Å². The Kier molecular flexibility index (Phi) is 2.72. The maximum absolute atomic E-state index is 11.2. The SMILES string of the molecule is CNC(C)(C)Cc1ccc2c(c1)CC(=O)N2. The summed E-state index contributed by atoms with van der Waals surface area (Å²) in [5.74, 6) is 0.0972. The zero-order valence-corrected chi connectivity index (χ0v) is 10.1. The number of fused-ring (bicyclic) bond motifs is 1. The summed E-state index contributed by atoms with van der Waals surface area (Å²) in [4.78, 5) is 11.2. The van der Waals surface area contributed by atoms with Crippen molar-refractivity contribution in [1.82, 2.24) is 5.32 Å². The monoisotopic (exact) mass is 218 g/mol. The lowest BCUT2D eigenvalue weighted by molar-refractivity contribution is -0.115. The Labute approximate surface area is 96.2 Å². The molecule has 1 aromatic rings. The molecule has 1 heterocycles. The third kappa shape index (κ3) is 2.25. The highest BCUT2D eigenvalue weighted by Gasteiger charge is 2.20. The third-order valence-electron chi connectivity index (χ3n) is 3.12. The van der Waals surface area contributed by atoms with Crippen LogP contribution in [-0.4, -0.2) is 18.5 Å². The number of anilines is 1. The van der Waals surface area contributed by atoms with E-state index < -0.39 is 0 Å². The molecular weight excluding hydrogens is 200 g/mol. The van der Waals surface area contributed by atoms with Gasteiger partial charge in [0.25, 0.3) is 0 Å². The zero-order chi connectivity index (χ0) is 11.8. The van der Waals surface area contributed by atoms with Gasteiger partial charge in [-0.1, -0.05) is 12.1 Å². The van der Waals surface area contributed by atoms with Crippen molar-refractivity contribution < 1.29 is 4.79 Å². The Bertz CT molecular complexity index is 424. The number of rotatable bonds is 3. The van der Waals surface area contributed by atoms with E-state index in [9.17, 15) is 4.79 Å². The largest absolute Gasteiger partial charge is 0.326 e. The molecule has 3 nitrogen and oxygen atoms in total. The van der Waals surface area contributed by atoms with Gasteiger partial charge in [0.2, 0.25) is 5.91 Å². The highest BCUT2D eigenvalue weighted by atomic mass is 16.1. The fraction of sp³-hybridized carbons (Fsp3) is 0.462. The number of likely N-dealkylation sites (N-methyl/N-ethyl adjacent to an activating group) is 1. The lowest BCUT2D eigenvalue weighted by atomic mass is 9.94. The summed E-state index contributed by atoms with van der Waals surface area (Å²) in [7, 11) is 1.97. The van der Waals surface area contributed by atoms with Crippen molar-refractivity contribution in [3.05, 3.63) is 29.3 Å². The van der Waals surface area contributed by atoms with Crippen LogP contribution in [0.15, 0.2) is 18.2 Å². The van der Waals surface area contributed by atoms with Gasteiger partial charge in [0, 0.05) is 11.2 Å². The first-order chi connectivity index (χ1) is 7.50. The van der Waals surface area contributed by atoms with Gasteiger partial charge in [-0.05, 0) is 44.5 Å². The number of hydrogen-bond acceptors (Lipinski definition) is 2. The standard InChI is InChI=1S/C13H18N2O/c1-13(2,14-3)8-9-4-5-11-10(6-9)7-12(16)15-11/h4-6,14H,7-8H2,1-3H3,(H,15,16). The molecule has 1 aromatic carbocycles. The van der Waals surface area contributed by atoms with Crippen molar-refractivity contribution in [1.29, 1.82) is 0 Å². The predicted molar refractivity (Wildman–Crippen MR) is 65.6 cm³/mol. The molecule has 2 N–H and O–H groups in total. The predicted octanol–water partition coefficient (Wildman–Crippen LogP) is 1.72. The molecule has 0 unspecified atom stereocenters. The summed E-state index contributed by atoms with van der Waals surface area (Å²) >= 11 is 0. The number of nitrogens with one attached hydrogen (secondary N) is 2. The minimum absolute atomic E-state index is 0.0876. The first-order valence-electron chi connectivity index (χ1n) is 5.61. The van der Waals surface area contributed by atoms with Crippen LogP contribution in [0, 0.1) is 0 Å². The summed E-state index contributed by atoms with van der Waals surface area (Å²) in [5.41, 5.74) is 3.45. The van der Waals surface area contributed by atoms with E-state index in [0.717, 1.165) is 17.7 Å². The second-order valence-corrected chi connectivity index (χ2v) is 5.03. The second-order valence-electron chi connectivity index (χ2n) is 5.03. The van der Waals surface area contributed by atoms with Crippen LogP contribution in [0.2, 0.25) is 0 Å². The van der Waals surface area contributed by atoms with E-state index in [1.54, 1.807) is 0 Å². The molecule has 16 heavy (non-hydrogen) atoms. The molecular formula is C13H18N2O. The fourth-order valence-corrected chi connectivity index (χ4v) is 1.99. The molecule has 1 aliphatic rings. The molecule has 1 amide bonds. The molecule has 86 valence electrons. The molecule has 0 fully saturated rings. The van der Waals surface area contributed by atoms with Crippen LogP contribution >= 0.6 is 0 Å². The molecule has 0 saturated carbocycles. The normalized spacial score (nSPS) is 14.8. The van der Waals surface area contributed by atoms with E-state index in [0.29, 0.717) is 6.42 Å². The summed E-state index contributed by atoms with van der Waals surface area (Å²) in [6, 6.07) is 6.22. The Morgan fingerprint density at radius 1 is 1.44 bits per heavy atom. The van der Waals surface area contributed by atoms with Crippen LogP contribution in [0.5, 0.6) is 0 Å². The highest BCUT2D eigenvalue weighted by molar-refractivity contribution is 5.99. The molecule has 0 atom stereocenters. The number of amides is 1. The Hall–Kier alpha value is -1.35. The third-order valence-corrected chi connectivity index (χ3v) is 3.12. The van der Waals surface area contributed by atoms with Crippen molar-refractivity contribution in [2.75, 3.05) is 12.4 Å². The van der Waals surface area contributed by atoms with Crippen molar-refractivity contribution in [2.45, 2.75) is 32.2 Å². The van der Waals surface area contributed by atoms with Gasteiger partial charge in [-0.15, -0.1) is 0 Å². The molecule has 0 saturated heterocycles. The van der Waals surface area contributed by atoms with Crippen molar-refractivity contribution in [3.63, 3.8) is 0 Å². The van der Waals surface area contributed by atoms with Crippen LogP contribution in [0.1, 0.15) is 25.0 Å². The summed E-state index contributed by atoms with van der Waals surface area (Å²) < 4.78 is 0. The molecule has 0 radical (unpaired) electrons. The van der Waals surface area contributed by atoms with Gasteiger partial charge in [-0.3, -0.25) is 4.79 Å². The van der Waals surface area contributed by atoms with Gasteiger partial charge < -0.3 is 10.6 Å². The van der Waals surface area contributed by atoms with Gasteiger partial charge in [0.1, 0.15) is 0 Å². The second kappa shape index (κ2) is 3.91. The molecule has 1 aliphatic heterocycles. The summed E-state index contributed by atoms with van der Waals surface area (Å²) in [6.45, 7) is 4.34. The van der Waals surface area contributed by atoms with Crippen molar-refractivity contribution >= 4 is 11.6 Å². The van der Waals surface area contributed by atoms with E-state index in [1.807, 2.05) is 13.1 Å². The van der Waals surface area contributed by atoms with E-state index in [2.05, 4.69) is 36.6 Å². The number of hydrogen-bond donors (Lipinski definition) is 2. The maximum Gasteiger partial charge on any atom is 0.228 e. The van der Waals surface area contributed by atoms with E-state index >= 15 is 0 Å². The quantitative estimate of drug-likeness (QED) is 0.811. The minimum atomic E-state index is 0.0876. The first-order valence-corrected chi connectivity index (χ1v) is 5.61. The Morgan fingerprint density at radius 3 is 2.88 bits per heavy atom. The summed E-state index contributed by atoms with van der Waals surface area (Å²) in [6.07, 6.45) is 1.48. The maximum atomic E-state index is 11.2. The van der Waals surface area contributed by atoms with Crippen molar-refractivity contribution in [3.8, 4) is 0 Å². The van der Waals surface area contributed by atoms with Crippen LogP contribution in [-0.2, 0) is 17.6 Å². The molecule has 0 aliphatic carbocycles. The molecule has 2 rings (SSSR count). The highest BCUT2D eigenvalue weighted by Crippen LogP contribution is 2.25. The zero-order valence-electron chi connectivity index (χ0n) is 10.1. The number of carbonyl (C=O) groups is 1. The molecule has 0 bridgehead atoms. The van der Waals surface area contributed by atoms with Crippen molar-refractivity contribution in [2.24, 2.45) is 0 Å². The summed E-state index contributed by atoms with van der Waals surface area (Å²) in [5, 5.41) is 6.13. The van der Waals surface area contributed by atoms with Gasteiger partial charge in [0.15, 0.2) is 0 Å². The lowest BCUT2D eigenvalue weighted by Gasteiger charge is -2.24. The van der Waals surface area contributed by atoms with Crippen LogP contribution < -0.4 is 10.6 Å². The van der Waals surface area contributed by atoms with Crippen LogP contribution in [0.3, 0.4) is 0 Å². The number of carbonyl (C=O) groups excluding carboxylic acids is 1. The fourth-order valence-electron chi connectivity index (χ4n) is 1.99.